The predicted molar refractivity (Wildman–Crippen MR) is 111 cm³/mol. The van der Waals surface area contributed by atoms with Crippen molar-refractivity contribution in [3.05, 3.63) is 72.3 Å². The highest BCUT2D eigenvalue weighted by Crippen LogP contribution is 2.39. The molecule has 0 saturated carbocycles. The molecule has 10 heteroatoms. The number of carbonyl (C=O) groups excluding carboxylic acids is 1. The Bertz CT molecular complexity index is 1170. The summed E-state index contributed by atoms with van der Waals surface area (Å²) in [5, 5.41) is 18.7. The van der Waals surface area contributed by atoms with Crippen molar-refractivity contribution in [2.24, 2.45) is 0 Å². The Morgan fingerprint density at radius 1 is 1.03 bits per heavy atom. The van der Waals surface area contributed by atoms with Gasteiger partial charge in [0.05, 0.1) is 17.5 Å². The van der Waals surface area contributed by atoms with Crippen LogP contribution in [-0.2, 0) is 15.8 Å². The highest BCUT2D eigenvalue weighted by atomic mass is 19.4. The zero-order chi connectivity index (χ0) is 24.2. The molecule has 2 N–H and O–H groups in total. The molecule has 0 aliphatic carbocycles. The third-order valence-electron chi connectivity index (χ3n) is 4.57. The fraction of sp³-hybridized carbons (Fsp3) is 0.174. The number of aliphatic carboxylic acids is 1. The number of carboxylic acid groups (broad SMARTS) is 1. The van der Waals surface area contributed by atoms with E-state index in [9.17, 15) is 32.3 Å². The molecule has 0 bridgehead atoms. The summed E-state index contributed by atoms with van der Waals surface area (Å²) < 4.78 is 55.7. The molecule has 0 aliphatic heterocycles. The Labute approximate surface area is 185 Å². The highest BCUT2D eigenvalue weighted by molar-refractivity contribution is 5.95. The maximum Gasteiger partial charge on any atom is 0.450 e. The number of benzene rings is 2. The molecule has 172 valence electrons. The number of aromatic nitrogens is 2. The van der Waals surface area contributed by atoms with Gasteiger partial charge in [-0.1, -0.05) is 30.3 Å². The van der Waals surface area contributed by atoms with Gasteiger partial charge in [0, 0.05) is 23.7 Å². The fourth-order valence-electron chi connectivity index (χ4n) is 3.19. The summed E-state index contributed by atoms with van der Waals surface area (Å²) in [5.41, 5.74) is 0.593. The lowest BCUT2D eigenvalue weighted by atomic mass is 10.0. The third-order valence-corrected chi connectivity index (χ3v) is 4.57. The molecular weight excluding hydrogens is 444 g/mol. The summed E-state index contributed by atoms with van der Waals surface area (Å²) in [5.74, 6) is -4.03. The average Bonchev–Trinajstić information content (AvgIpc) is 3.13. The monoisotopic (exact) mass is 462 g/mol. The van der Waals surface area contributed by atoms with Gasteiger partial charge in [-0.15, -0.1) is 0 Å². The molecule has 0 aliphatic rings. The molecule has 0 spiro atoms. The van der Waals surface area contributed by atoms with E-state index in [0.717, 1.165) is 24.4 Å². The van der Waals surface area contributed by atoms with Crippen LogP contribution in [-0.4, -0.2) is 37.6 Å². The summed E-state index contributed by atoms with van der Waals surface area (Å²) in [4.78, 5) is 26.0. The molecule has 1 unspecified atom stereocenters. The van der Waals surface area contributed by atoms with Crippen molar-refractivity contribution in [1.29, 1.82) is 0 Å². The van der Waals surface area contributed by atoms with Gasteiger partial charge in [-0.3, -0.25) is 14.2 Å². The first kappa shape index (κ1) is 23.9. The first-order valence-corrected chi connectivity index (χ1v) is 9.67. The number of aliphatic hydroxyl groups excluding tert-OH is 1. The predicted octanol–water partition coefficient (Wildman–Crippen LogP) is 4.64. The molecular formula is C23H18F4N2O4. The van der Waals surface area contributed by atoms with Crippen LogP contribution >= 0.6 is 0 Å². The Hall–Kier alpha value is -3.79. The van der Waals surface area contributed by atoms with Crippen LogP contribution in [0.4, 0.5) is 17.6 Å². The summed E-state index contributed by atoms with van der Waals surface area (Å²) in [6.45, 7) is 0. The maximum atomic E-state index is 13.9. The number of Topliss-reactive ketones (excluding diaryl/α,β-unsaturated/α-hetero) is 1. The van der Waals surface area contributed by atoms with Gasteiger partial charge >= 0.3 is 12.1 Å². The SMILES string of the molecule is O=C(O)CC(=O)CC(O)/C=C/n1c(C(F)(F)F)nc(-c2ccccc2)c1-c1ccc(F)cc1. The van der Waals surface area contributed by atoms with E-state index in [1.807, 2.05) is 0 Å². The van der Waals surface area contributed by atoms with Gasteiger partial charge < -0.3 is 10.2 Å². The number of hydrogen-bond donors (Lipinski definition) is 2. The molecule has 1 atom stereocenters. The number of carbonyl (C=O) groups is 2. The van der Waals surface area contributed by atoms with Crippen LogP contribution in [0.3, 0.4) is 0 Å². The zero-order valence-corrected chi connectivity index (χ0v) is 17.0. The molecule has 6 nitrogen and oxygen atoms in total. The van der Waals surface area contributed by atoms with Crippen LogP contribution < -0.4 is 0 Å². The third kappa shape index (κ3) is 5.92. The minimum Gasteiger partial charge on any atom is -0.481 e. The Morgan fingerprint density at radius 2 is 1.67 bits per heavy atom. The van der Waals surface area contributed by atoms with E-state index in [2.05, 4.69) is 4.98 Å². The van der Waals surface area contributed by atoms with Crippen molar-refractivity contribution in [3.63, 3.8) is 0 Å². The number of aliphatic hydroxyl groups is 1. The van der Waals surface area contributed by atoms with Crippen LogP contribution in [0.25, 0.3) is 28.7 Å². The van der Waals surface area contributed by atoms with Gasteiger partial charge in [-0.2, -0.15) is 13.2 Å². The van der Waals surface area contributed by atoms with E-state index in [-0.39, 0.29) is 17.0 Å². The Balaban J connectivity index is 2.14. The van der Waals surface area contributed by atoms with Crippen LogP contribution in [0.15, 0.2) is 60.7 Å². The maximum absolute atomic E-state index is 13.9. The standard InChI is InChI=1S/C23H18F4N2O4/c24-16-8-6-15(7-9-16)21-20(14-4-2-1-3-5-14)28-22(23(25,26)27)29(21)11-10-17(30)12-18(31)13-19(32)33/h1-11,17,30H,12-13H2,(H,32,33)/b11-10+. The Morgan fingerprint density at radius 3 is 2.24 bits per heavy atom. The number of ketones is 1. The summed E-state index contributed by atoms with van der Waals surface area (Å²) in [6.07, 6.45) is -5.95. The largest absolute Gasteiger partial charge is 0.481 e. The average molecular weight is 462 g/mol. The number of alkyl halides is 3. The number of carboxylic acids is 1. The van der Waals surface area contributed by atoms with E-state index in [4.69, 9.17) is 5.11 Å². The van der Waals surface area contributed by atoms with Crippen LogP contribution in [0.2, 0.25) is 0 Å². The topological polar surface area (TPSA) is 92.4 Å². The summed E-state index contributed by atoms with van der Waals surface area (Å²) >= 11 is 0. The molecule has 33 heavy (non-hydrogen) atoms. The van der Waals surface area contributed by atoms with Crippen molar-refractivity contribution in [2.75, 3.05) is 0 Å². The first-order chi connectivity index (χ1) is 15.6. The second-order valence-electron chi connectivity index (χ2n) is 7.10. The first-order valence-electron chi connectivity index (χ1n) is 9.67. The van der Waals surface area contributed by atoms with Crippen LogP contribution in [0, 0.1) is 5.82 Å². The van der Waals surface area contributed by atoms with Gasteiger partial charge in [0.25, 0.3) is 0 Å². The van der Waals surface area contributed by atoms with Crippen LogP contribution in [0.1, 0.15) is 18.7 Å². The summed E-state index contributed by atoms with van der Waals surface area (Å²) in [7, 11) is 0. The second kappa shape index (κ2) is 9.78. The minimum absolute atomic E-state index is 0.00571. The van der Waals surface area contributed by atoms with Gasteiger partial charge in [0.1, 0.15) is 18.0 Å². The second-order valence-corrected chi connectivity index (χ2v) is 7.10. The molecule has 3 aromatic rings. The zero-order valence-electron chi connectivity index (χ0n) is 17.0. The lowest BCUT2D eigenvalue weighted by molar-refractivity contribution is -0.145. The van der Waals surface area contributed by atoms with Gasteiger partial charge in [0.15, 0.2) is 0 Å². The molecule has 0 saturated heterocycles. The molecule has 3 rings (SSSR count). The van der Waals surface area contributed by atoms with Crippen molar-refractivity contribution < 1.29 is 37.4 Å². The summed E-state index contributed by atoms with van der Waals surface area (Å²) in [6, 6.07) is 12.9. The van der Waals surface area contributed by atoms with Crippen molar-refractivity contribution >= 4 is 18.0 Å². The lowest BCUT2D eigenvalue weighted by Crippen LogP contribution is -2.15. The molecule has 1 heterocycles. The van der Waals surface area contributed by atoms with Crippen molar-refractivity contribution in [3.8, 4) is 22.5 Å². The van der Waals surface area contributed by atoms with Crippen molar-refractivity contribution in [2.45, 2.75) is 25.1 Å². The minimum atomic E-state index is -4.88. The highest BCUT2D eigenvalue weighted by Gasteiger charge is 2.39. The Kier molecular flexibility index (Phi) is 7.07. The molecule has 2 aromatic carbocycles. The molecule has 0 amide bonds. The number of imidazole rings is 1. The smallest absolute Gasteiger partial charge is 0.450 e. The molecule has 0 fully saturated rings. The van der Waals surface area contributed by atoms with Gasteiger partial charge in [0.2, 0.25) is 5.82 Å². The normalized spacial score (nSPS) is 12.8. The van der Waals surface area contributed by atoms with Gasteiger partial charge in [-0.05, 0) is 30.3 Å². The number of halogens is 4. The van der Waals surface area contributed by atoms with Gasteiger partial charge in [-0.25, -0.2) is 9.37 Å². The van der Waals surface area contributed by atoms with E-state index < -0.39 is 48.5 Å². The molecule has 0 radical (unpaired) electrons. The lowest BCUT2D eigenvalue weighted by Gasteiger charge is -2.12. The van der Waals surface area contributed by atoms with Crippen LogP contribution in [0.5, 0.6) is 0 Å². The van der Waals surface area contributed by atoms with E-state index in [1.165, 1.54) is 12.1 Å². The van der Waals surface area contributed by atoms with E-state index in [1.54, 1.807) is 30.3 Å². The fourth-order valence-corrected chi connectivity index (χ4v) is 3.19. The van der Waals surface area contributed by atoms with E-state index >= 15 is 0 Å². The number of nitrogens with zero attached hydrogens (tertiary/aromatic N) is 2. The quantitative estimate of drug-likeness (QED) is 0.376. The van der Waals surface area contributed by atoms with Crippen molar-refractivity contribution in [1.82, 2.24) is 9.55 Å². The number of rotatable bonds is 8. The molecule has 1 aromatic heterocycles. The van der Waals surface area contributed by atoms with E-state index in [0.29, 0.717) is 10.1 Å². The number of hydrogen-bond acceptors (Lipinski definition) is 4.